The molecule has 0 spiro atoms. The molecule has 0 radical (unpaired) electrons. The van der Waals surface area contributed by atoms with E-state index in [1.54, 1.807) is 0 Å². The molecule has 1 aliphatic carbocycles. The maximum absolute atomic E-state index is 11.7. The van der Waals surface area contributed by atoms with Crippen molar-refractivity contribution in [2.75, 3.05) is 6.54 Å². The summed E-state index contributed by atoms with van der Waals surface area (Å²) in [6.45, 7) is 11.7. The summed E-state index contributed by atoms with van der Waals surface area (Å²) in [6.07, 6.45) is 6.25. The SMILES string of the molecule is CCNC(=O)C(C)NC1CCC(C(C)(C)CC)CC1. The van der Waals surface area contributed by atoms with Gasteiger partial charge in [-0.25, -0.2) is 0 Å². The lowest BCUT2D eigenvalue weighted by molar-refractivity contribution is -0.122. The Morgan fingerprint density at radius 2 is 1.79 bits per heavy atom. The van der Waals surface area contributed by atoms with E-state index in [-0.39, 0.29) is 11.9 Å². The van der Waals surface area contributed by atoms with E-state index in [0.29, 0.717) is 18.0 Å². The monoisotopic (exact) mass is 268 g/mol. The van der Waals surface area contributed by atoms with Crippen molar-refractivity contribution in [3.05, 3.63) is 0 Å². The summed E-state index contributed by atoms with van der Waals surface area (Å²) in [4.78, 5) is 11.7. The molecule has 19 heavy (non-hydrogen) atoms. The van der Waals surface area contributed by atoms with Gasteiger partial charge in [0.15, 0.2) is 0 Å². The van der Waals surface area contributed by atoms with E-state index in [1.807, 2.05) is 13.8 Å². The summed E-state index contributed by atoms with van der Waals surface area (Å²) < 4.78 is 0. The van der Waals surface area contributed by atoms with Gasteiger partial charge in [0, 0.05) is 12.6 Å². The number of carbonyl (C=O) groups excluding carboxylic acids is 1. The van der Waals surface area contributed by atoms with Crippen LogP contribution in [0.2, 0.25) is 0 Å². The van der Waals surface area contributed by atoms with Crippen molar-refractivity contribution >= 4 is 5.91 Å². The first kappa shape index (κ1) is 16.5. The lowest BCUT2D eigenvalue weighted by Gasteiger charge is -2.39. The van der Waals surface area contributed by atoms with Crippen LogP contribution in [0.4, 0.5) is 0 Å². The summed E-state index contributed by atoms with van der Waals surface area (Å²) >= 11 is 0. The maximum Gasteiger partial charge on any atom is 0.236 e. The summed E-state index contributed by atoms with van der Waals surface area (Å²) in [5.41, 5.74) is 0.468. The van der Waals surface area contributed by atoms with Gasteiger partial charge >= 0.3 is 0 Å². The number of nitrogens with one attached hydrogen (secondary N) is 2. The first-order valence-electron chi connectivity index (χ1n) is 7.94. The maximum atomic E-state index is 11.7. The molecule has 1 amide bonds. The second kappa shape index (κ2) is 7.28. The highest BCUT2D eigenvalue weighted by Gasteiger charge is 2.32. The third kappa shape index (κ3) is 4.79. The molecule has 112 valence electrons. The van der Waals surface area contributed by atoms with E-state index in [1.165, 1.54) is 32.1 Å². The summed E-state index contributed by atoms with van der Waals surface area (Å²) in [6, 6.07) is 0.446. The van der Waals surface area contributed by atoms with Gasteiger partial charge in [0.1, 0.15) is 0 Å². The molecule has 3 heteroatoms. The molecule has 0 bridgehead atoms. The fourth-order valence-corrected chi connectivity index (χ4v) is 3.09. The van der Waals surface area contributed by atoms with Gasteiger partial charge in [-0.15, -0.1) is 0 Å². The third-order valence-electron chi connectivity index (χ3n) is 4.97. The van der Waals surface area contributed by atoms with Gasteiger partial charge in [-0.2, -0.15) is 0 Å². The lowest BCUT2D eigenvalue weighted by atomic mass is 9.69. The minimum atomic E-state index is -0.0688. The molecule has 1 unspecified atom stereocenters. The van der Waals surface area contributed by atoms with Crippen LogP contribution in [-0.2, 0) is 4.79 Å². The summed E-state index contributed by atoms with van der Waals surface area (Å²) in [7, 11) is 0. The molecule has 1 saturated carbocycles. The molecule has 0 aromatic carbocycles. The third-order valence-corrected chi connectivity index (χ3v) is 4.97. The van der Waals surface area contributed by atoms with Crippen molar-refractivity contribution in [3.8, 4) is 0 Å². The van der Waals surface area contributed by atoms with Gasteiger partial charge in [0.2, 0.25) is 5.91 Å². The van der Waals surface area contributed by atoms with Gasteiger partial charge in [-0.1, -0.05) is 27.2 Å². The van der Waals surface area contributed by atoms with Crippen molar-refractivity contribution in [2.24, 2.45) is 11.3 Å². The molecule has 2 N–H and O–H groups in total. The van der Waals surface area contributed by atoms with E-state index in [4.69, 9.17) is 0 Å². The first-order valence-corrected chi connectivity index (χ1v) is 7.94. The zero-order chi connectivity index (χ0) is 14.5. The van der Waals surface area contributed by atoms with Gasteiger partial charge < -0.3 is 10.6 Å². The highest BCUT2D eigenvalue weighted by molar-refractivity contribution is 5.81. The molecule has 1 rings (SSSR count). The van der Waals surface area contributed by atoms with E-state index in [0.717, 1.165) is 5.92 Å². The molecule has 0 aliphatic heterocycles. The highest BCUT2D eigenvalue weighted by Crippen LogP contribution is 2.40. The Morgan fingerprint density at radius 1 is 1.21 bits per heavy atom. The largest absolute Gasteiger partial charge is 0.355 e. The van der Waals surface area contributed by atoms with Crippen LogP contribution in [0, 0.1) is 11.3 Å². The summed E-state index contributed by atoms with van der Waals surface area (Å²) in [5, 5.41) is 6.36. The Morgan fingerprint density at radius 3 is 2.26 bits per heavy atom. The van der Waals surface area contributed by atoms with Crippen molar-refractivity contribution < 1.29 is 4.79 Å². The number of likely N-dealkylation sites (N-methyl/N-ethyl adjacent to an activating group) is 1. The molecule has 0 aromatic heterocycles. The van der Waals surface area contributed by atoms with Crippen LogP contribution in [0.15, 0.2) is 0 Å². The number of amides is 1. The average Bonchev–Trinajstić information content (AvgIpc) is 2.39. The molecule has 3 nitrogen and oxygen atoms in total. The highest BCUT2D eigenvalue weighted by atomic mass is 16.2. The minimum absolute atomic E-state index is 0.0688. The lowest BCUT2D eigenvalue weighted by Crippen LogP contribution is -2.48. The van der Waals surface area contributed by atoms with E-state index in [9.17, 15) is 4.79 Å². The Hall–Kier alpha value is -0.570. The quantitative estimate of drug-likeness (QED) is 0.777. The standard InChI is InChI=1S/C16H32N2O/c1-6-16(4,5)13-8-10-14(11-9-13)18-12(3)15(19)17-7-2/h12-14,18H,6-11H2,1-5H3,(H,17,19). The predicted molar refractivity (Wildman–Crippen MR) is 81.1 cm³/mol. The molecule has 0 heterocycles. The zero-order valence-corrected chi connectivity index (χ0v) is 13.4. The Balaban J connectivity index is 2.36. The van der Waals surface area contributed by atoms with E-state index >= 15 is 0 Å². The van der Waals surface area contributed by atoms with Crippen molar-refractivity contribution in [3.63, 3.8) is 0 Å². The van der Waals surface area contributed by atoms with Gasteiger partial charge in [-0.3, -0.25) is 4.79 Å². The first-order chi connectivity index (χ1) is 8.90. The van der Waals surface area contributed by atoms with Crippen LogP contribution in [-0.4, -0.2) is 24.5 Å². The van der Waals surface area contributed by atoms with Crippen LogP contribution in [0.1, 0.15) is 66.7 Å². The van der Waals surface area contributed by atoms with E-state index < -0.39 is 0 Å². The average molecular weight is 268 g/mol. The molecular weight excluding hydrogens is 236 g/mol. The predicted octanol–water partition coefficient (Wildman–Crippen LogP) is 3.10. The molecule has 1 atom stereocenters. The molecule has 0 saturated heterocycles. The fourth-order valence-electron chi connectivity index (χ4n) is 3.09. The second-order valence-electron chi connectivity index (χ2n) is 6.67. The number of rotatable bonds is 6. The molecule has 1 aliphatic rings. The fraction of sp³-hybridized carbons (Fsp3) is 0.938. The van der Waals surface area contributed by atoms with Crippen LogP contribution >= 0.6 is 0 Å². The molecule has 0 aromatic rings. The van der Waals surface area contributed by atoms with Crippen molar-refractivity contribution in [1.29, 1.82) is 0 Å². The van der Waals surface area contributed by atoms with Crippen LogP contribution in [0.5, 0.6) is 0 Å². The zero-order valence-electron chi connectivity index (χ0n) is 13.4. The van der Waals surface area contributed by atoms with Gasteiger partial charge in [-0.05, 0) is 50.9 Å². The molecule has 1 fully saturated rings. The topological polar surface area (TPSA) is 41.1 Å². The second-order valence-corrected chi connectivity index (χ2v) is 6.67. The van der Waals surface area contributed by atoms with Crippen LogP contribution in [0.3, 0.4) is 0 Å². The Labute approximate surface area is 118 Å². The number of hydrogen-bond donors (Lipinski definition) is 2. The summed E-state index contributed by atoms with van der Waals surface area (Å²) in [5.74, 6) is 0.967. The van der Waals surface area contributed by atoms with Gasteiger partial charge in [0.05, 0.1) is 6.04 Å². The van der Waals surface area contributed by atoms with Crippen LogP contribution in [0.25, 0.3) is 0 Å². The van der Waals surface area contributed by atoms with Gasteiger partial charge in [0.25, 0.3) is 0 Å². The minimum Gasteiger partial charge on any atom is -0.355 e. The van der Waals surface area contributed by atoms with Crippen molar-refractivity contribution in [2.45, 2.75) is 78.8 Å². The number of hydrogen-bond acceptors (Lipinski definition) is 2. The van der Waals surface area contributed by atoms with Crippen LogP contribution < -0.4 is 10.6 Å². The smallest absolute Gasteiger partial charge is 0.236 e. The normalized spacial score (nSPS) is 25.9. The Bertz CT molecular complexity index is 280. The number of carbonyl (C=O) groups is 1. The van der Waals surface area contributed by atoms with E-state index in [2.05, 4.69) is 31.4 Å². The van der Waals surface area contributed by atoms with Crippen molar-refractivity contribution in [1.82, 2.24) is 10.6 Å². The Kier molecular flexibility index (Phi) is 6.31. The molecular formula is C16H32N2O.